The maximum absolute atomic E-state index is 5.08. The summed E-state index contributed by atoms with van der Waals surface area (Å²) in [6.07, 6.45) is 10.7. The lowest BCUT2D eigenvalue weighted by Gasteiger charge is -1.62. The van der Waals surface area contributed by atoms with Gasteiger partial charge in [0.1, 0.15) is 0 Å². The quantitative estimate of drug-likeness (QED) is 0.152. The van der Waals surface area contributed by atoms with E-state index in [9.17, 15) is 0 Å². The molecule has 0 aromatic carbocycles. The van der Waals surface area contributed by atoms with Crippen LogP contribution in [0.5, 0.6) is 0 Å². The average Bonchev–Trinajstić information content (AvgIpc) is 2.74. The van der Waals surface area contributed by atoms with Crippen molar-refractivity contribution >= 4 is 69.6 Å². The molecule has 0 aliphatic carbocycles. The van der Waals surface area contributed by atoms with Gasteiger partial charge in [0, 0.05) is 33.2 Å². The standard InChI is InChI=1S/6C3H6ClN.6ClH/c6*4-2-1-3-5;;;;;;/h6*1-2H,3,5H2;6*1H. The summed E-state index contributed by atoms with van der Waals surface area (Å²) in [5.74, 6) is 0. The highest BCUT2D eigenvalue weighted by molar-refractivity contribution is 6.26. The van der Waals surface area contributed by atoms with E-state index in [2.05, 4.69) is 34.4 Å². The predicted molar refractivity (Wildman–Crippen MR) is 136 cm³/mol. The second-order valence-corrected chi connectivity index (χ2v) is 5.41. The van der Waals surface area contributed by atoms with Crippen LogP contribution in [0.25, 0.3) is 0 Å². The Morgan fingerprint density at radius 2 is 0.361 bits per heavy atom. The van der Waals surface area contributed by atoms with Gasteiger partial charge in [-0.3, -0.25) is 0 Å². The van der Waals surface area contributed by atoms with Crippen molar-refractivity contribution in [2.45, 2.75) is 0 Å². The molecule has 0 rings (SSSR count). The van der Waals surface area contributed by atoms with Gasteiger partial charge >= 0.3 is 0 Å². The van der Waals surface area contributed by atoms with Crippen LogP contribution < -0.4 is 109 Å². The van der Waals surface area contributed by atoms with Crippen molar-refractivity contribution in [2.24, 2.45) is 0 Å². The Morgan fingerprint density at radius 3 is 0.361 bits per heavy atom. The molecule has 0 radical (unpaired) electrons. The molecule has 228 valence electrons. The molecule has 0 heterocycles. The highest BCUT2D eigenvalue weighted by Gasteiger charge is 1.59. The zero-order valence-electron chi connectivity index (χ0n) is 19.9. The third-order valence-electron chi connectivity index (χ3n) is 1.53. The normalized spacial score (nSPS) is 8.33. The van der Waals surface area contributed by atoms with E-state index >= 15 is 0 Å². The van der Waals surface area contributed by atoms with E-state index in [1.165, 1.54) is 33.2 Å². The van der Waals surface area contributed by atoms with Crippen LogP contribution in [0.4, 0.5) is 0 Å². The minimum Gasteiger partial charge on any atom is -1.00 e. The number of hydrogen-bond donors (Lipinski definition) is 6. The van der Waals surface area contributed by atoms with Gasteiger partial charge in [0.05, 0.1) is 39.3 Å². The van der Waals surface area contributed by atoms with Crippen molar-refractivity contribution in [3.63, 3.8) is 0 Å². The van der Waals surface area contributed by atoms with Gasteiger partial charge in [0.2, 0.25) is 0 Å². The molecular weight excluding hydrogens is 726 g/mol. The van der Waals surface area contributed by atoms with Crippen molar-refractivity contribution in [3.05, 3.63) is 69.7 Å². The Bertz CT molecular complexity index is 308. The van der Waals surface area contributed by atoms with Crippen LogP contribution in [0.1, 0.15) is 0 Å². The van der Waals surface area contributed by atoms with Gasteiger partial charge in [0.25, 0.3) is 0 Å². The van der Waals surface area contributed by atoms with Gasteiger partial charge in [-0.2, -0.15) is 0 Å². The number of rotatable bonds is 6. The first-order valence-corrected chi connectivity index (χ1v) is 11.4. The van der Waals surface area contributed by atoms with Crippen LogP contribution in [0.2, 0.25) is 0 Å². The molecule has 18 heteroatoms. The maximum atomic E-state index is 5.08. The molecule has 6 nitrogen and oxygen atoms in total. The fraction of sp³-hybridized carbons (Fsp3) is 0.333. The molecular formula is C18H42Cl12N6. The highest BCUT2D eigenvalue weighted by Crippen LogP contribution is 1.72. The summed E-state index contributed by atoms with van der Waals surface area (Å²) in [5.41, 5.74) is 29.8. The molecule has 0 unspecified atom stereocenters. The Balaban J connectivity index is -0.0000000186. The molecule has 0 aliphatic rings. The minimum absolute atomic E-state index is 0. The SMILES string of the molecule is [Cl-].[Cl-].[Cl-].[Cl-].[Cl-].[Cl-].[NH3+]CC=CCl.[NH3+]CC=CCl.[NH3+]CC=CCl.[NH3+]CC=CCl.[NH3+]CC=CCl.[NH3+]CC=CCl. The number of quaternary nitrogens is 6. The third kappa shape index (κ3) is 229. The van der Waals surface area contributed by atoms with Gasteiger partial charge in [-0.05, 0) is 36.5 Å². The Morgan fingerprint density at radius 1 is 0.278 bits per heavy atom. The van der Waals surface area contributed by atoms with E-state index in [0.29, 0.717) is 0 Å². The van der Waals surface area contributed by atoms with Crippen molar-refractivity contribution in [1.82, 2.24) is 0 Å². The molecule has 18 N–H and O–H groups in total. The largest absolute Gasteiger partial charge is 1.00 e. The zero-order chi connectivity index (χ0) is 24.7. The summed E-state index contributed by atoms with van der Waals surface area (Å²) >= 11 is 30.5. The number of halogens is 12. The van der Waals surface area contributed by atoms with E-state index in [0.717, 1.165) is 39.3 Å². The van der Waals surface area contributed by atoms with Crippen LogP contribution in [0.3, 0.4) is 0 Å². The first-order chi connectivity index (χ1) is 14.5. The lowest BCUT2D eigenvalue weighted by Crippen LogP contribution is -3.00. The third-order valence-corrected chi connectivity index (χ3v) is 2.60. The van der Waals surface area contributed by atoms with Crippen LogP contribution in [0.15, 0.2) is 69.7 Å². The van der Waals surface area contributed by atoms with Gasteiger partial charge < -0.3 is 109 Å². The van der Waals surface area contributed by atoms with Crippen molar-refractivity contribution < 1.29 is 109 Å². The first-order valence-electron chi connectivity index (χ1n) is 8.76. The van der Waals surface area contributed by atoms with Gasteiger partial charge in [-0.15, -0.1) is 0 Å². The smallest absolute Gasteiger partial charge is 0.0938 e. The Hall–Kier alpha value is 1.68. The minimum atomic E-state index is 0. The summed E-state index contributed by atoms with van der Waals surface area (Å²) in [5, 5.41) is 0. The molecule has 0 fully saturated rings. The topological polar surface area (TPSA) is 166 Å². The lowest BCUT2D eigenvalue weighted by atomic mass is 10.7. The molecule has 0 bridgehead atoms. The molecule has 0 aromatic heterocycles. The van der Waals surface area contributed by atoms with E-state index in [-0.39, 0.29) is 74.4 Å². The molecule has 0 aliphatic heterocycles. The van der Waals surface area contributed by atoms with Gasteiger partial charge in [0.15, 0.2) is 0 Å². The molecule has 0 saturated carbocycles. The zero-order valence-corrected chi connectivity index (χ0v) is 29.0. The average molecular weight is 768 g/mol. The lowest BCUT2D eigenvalue weighted by molar-refractivity contribution is -0.353. The van der Waals surface area contributed by atoms with E-state index in [1.807, 2.05) is 0 Å². The second kappa shape index (κ2) is 121. The molecule has 36 heavy (non-hydrogen) atoms. The first kappa shape index (κ1) is 76.9. The van der Waals surface area contributed by atoms with E-state index < -0.39 is 0 Å². The van der Waals surface area contributed by atoms with E-state index in [4.69, 9.17) is 69.6 Å². The molecule has 0 atom stereocenters. The van der Waals surface area contributed by atoms with Gasteiger partial charge in [-0.25, -0.2) is 0 Å². The second-order valence-electron chi connectivity index (χ2n) is 3.90. The molecule has 0 saturated heterocycles. The Kier molecular flexibility index (Phi) is 257. The summed E-state index contributed by atoms with van der Waals surface area (Å²) < 4.78 is 0. The Labute approximate surface area is 285 Å². The predicted octanol–water partition coefficient (Wildman–Crippen LogP) is -18.1. The van der Waals surface area contributed by atoms with Crippen molar-refractivity contribution in [1.29, 1.82) is 0 Å². The fourth-order valence-corrected chi connectivity index (χ4v) is 1.13. The fourth-order valence-electron chi connectivity index (χ4n) is 0.378. The highest BCUT2D eigenvalue weighted by atomic mass is 35.5. The van der Waals surface area contributed by atoms with E-state index in [1.54, 1.807) is 36.5 Å². The van der Waals surface area contributed by atoms with Crippen LogP contribution >= 0.6 is 69.6 Å². The maximum Gasteiger partial charge on any atom is 0.0938 e. The van der Waals surface area contributed by atoms with Crippen molar-refractivity contribution in [3.8, 4) is 0 Å². The molecule has 0 spiro atoms. The monoisotopic (exact) mass is 762 g/mol. The van der Waals surface area contributed by atoms with Crippen LogP contribution in [-0.2, 0) is 0 Å². The summed E-state index contributed by atoms with van der Waals surface area (Å²) in [7, 11) is 0. The van der Waals surface area contributed by atoms with Gasteiger partial charge in [-0.1, -0.05) is 69.6 Å². The molecule has 0 amide bonds. The van der Waals surface area contributed by atoms with Crippen LogP contribution in [0, 0.1) is 0 Å². The summed E-state index contributed by atoms with van der Waals surface area (Å²) in [6.45, 7) is 4.69. The van der Waals surface area contributed by atoms with Crippen LogP contribution in [-0.4, -0.2) is 39.3 Å². The number of hydrogen-bond acceptors (Lipinski definition) is 0. The summed E-state index contributed by atoms with van der Waals surface area (Å²) in [4.78, 5) is 0. The molecule has 0 aromatic rings. The van der Waals surface area contributed by atoms with Crippen molar-refractivity contribution in [2.75, 3.05) is 39.3 Å². The summed E-state index contributed by atoms with van der Waals surface area (Å²) in [6, 6.07) is 0.